The number of nitrogens with zero attached hydrogens (tertiary/aromatic N) is 3. The zero-order valence-corrected chi connectivity index (χ0v) is 35.7. The van der Waals surface area contributed by atoms with Gasteiger partial charge < -0.3 is 24.4 Å². The van der Waals surface area contributed by atoms with Crippen LogP contribution in [0.2, 0.25) is 0 Å². The van der Waals surface area contributed by atoms with E-state index in [2.05, 4.69) is 0 Å². The highest BCUT2D eigenvalue weighted by atomic mass is 16.5. The summed E-state index contributed by atoms with van der Waals surface area (Å²) in [6.45, 7) is 11.4. The smallest absolute Gasteiger partial charge is 0.328 e. The van der Waals surface area contributed by atoms with Crippen molar-refractivity contribution < 1.29 is 38.6 Å². The molecule has 0 aromatic heterocycles. The van der Waals surface area contributed by atoms with E-state index in [1.165, 1.54) is 43.1 Å². The number of aromatic hydroxyl groups is 1. The maximum Gasteiger partial charge on any atom is 0.328 e. The predicted molar refractivity (Wildman–Crippen MR) is 221 cm³/mol. The van der Waals surface area contributed by atoms with Crippen LogP contribution in [-0.2, 0) is 52.7 Å². The first-order chi connectivity index (χ1) is 26.9. The van der Waals surface area contributed by atoms with Gasteiger partial charge in [-0.15, -0.1) is 0 Å². The third-order valence-electron chi connectivity index (χ3n) is 11.0. The van der Waals surface area contributed by atoms with E-state index in [0.29, 0.717) is 18.4 Å². The summed E-state index contributed by atoms with van der Waals surface area (Å²) in [5.74, 6) is -3.85. The number of hydrogen-bond acceptors (Lipinski definition) is 9. The van der Waals surface area contributed by atoms with Gasteiger partial charge in [0.1, 0.15) is 23.9 Å². The summed E-state index contributed by atoms with van der Waals surface area (Å²) < 4.78 is 11.2. The molecule has 1 N–H and O–H groups in total. The van der Waals surface area contributed by atoms with Crippen LogP contribution in [0.4, 0.5) is 0 Å². The first-order valence-electron chi connectivity index (χ1n) is 19.8. The monoisotopic (exact) mass is 785 g/mol. The molecule has 0 aliphatic rings. The average molecular weight is 786 g/mol. The number of phenols is 1. The van der Waals surface area contributed by atoms with Gasteiger partial charge in [-0.3, -0.25) is 24.1 Å². The molecule has 0 aliphatic heterocycles. The highest BCUT2D eigenvalue weighted by molar-refractivity contribution is 5.94. The molecule has 11 heteroatoms. The van der Waals surface area contributed by atoms with Crippen molar-refractivity contribution in [2.75, 3.05) is 35.3 Å². The lowest BCUT2D eigenvalue weighted by molar-refractivity contribution is -0.163. The van der Waals surface area contributed by atoms with Crippen molar-refractivity contribution >= 4 is 29.5 Å². The van der Waals surface area contributed by atoms with Crippen molar-refractivity contribution in [1.82, 2.24) is 14.7 Å². The number of rotatable bonds is 20. The molecule has 3 rings (SSSR count). The van der Waals surface area contributed by atoms with Crippen molar-refractivity contribution in [3.8, 4) is 5.75 Å². The Hall–Kier alpha value is -5.03. The van der Waals surface area contributed by atoms with Crippen LogP contribution >= 0.6 is 0 Å². The van der Waals surface area contributed by atoms with Crippen LogP contribution < -0.4 is 0 Å². The molecule has 0 spiro atoms. The lowest BCUT2D eigenvalue weighted by Crippen LogP contribution is -2.55. The van der Waals surface area contributed by atoms with Gasteiger partial charge in [0.2, 0.25) is 11.8 Å². The third kappa shape index (κ3) is 13.0. The van der Waals surface area contributed by atoms with Gasteiger partial charge in [0.15, 0.2) is 11.9 Å². The fourth-order valence-electron chi connectivity index (χ4n) is 6.79. The second-order valence-electron chi connectivity index (χ2n) is 15.9. The molecule has 2 amide bonds. The topological polar surface area (TPSA) is 134 Å². The largest absolute Gasteiger partial charge is 0.508 e. The van der Waals surface area contributed by atoms with Crippen LogP contribution in [0.3, 0.4) is 0 Å². The van der Waals surface area contributed by atoms with Crippen molar-refractivity contribution in [2.24, 2.45) is 17.8 Å². The van der Waals surface area contributed by atoms with Gasteiger partial charge >= 0.3 is 11.9 Å². The number of ketones is 1. The number of ether oxygens (including phenoxy) is 2. The SMILES string of the molecule is CC[C@@H](C)[C@@H](OC(=O)[C@@H](Cc1ccc(C)cc1)N(C)C)C(=O)C[C@@H](C(=O)N(C)[C@@H](Cc1ccc(O)cc1)C(=O)N(C)[C@H](Cc1ccc(C)cc1)C(=O)OC)C(C)C. The molecule has 0 saturated carbocycles. The Bertz CT molecular complexity index is 1790. The van der Waals surface area contributed by atoms with Crippen LogP contribution in [-0.4, -0.2) is 109 Å². The van der Waals surface area contributed by atoms with Crippen LogP contribution in [0.1, 0.15) is 68.4 Å². The van der Waals surface area contributed by atoms with Gasteiger partial charge in [-0.2, -0.15) is 0 Å². The van der Waals surface area contributed by atoms with Gasteiger partial charge in [-0.1, -0.05) is 99.5 Å². The Morgan fingerprint density at radius 1 is 0.632 bits per heavy atom. The Morgan fingerprint density at radius 2 is 1.07 bits per heavy atom. The Kier molecular flexibility index (Phi) is 17.5. The average Bonchev–Trinajstić information content (AvgIpc) is 3.19. The molecule has 3 aromatic carbocycles. The van der Waals surface area contributed by atoms with Crippen molar-refractivity contribution in [2.45, 2.75) is 97.9 Å². The number of phenolic OH excluding ortho intramolecular Hbond substituents is 1. The van der Waals surface area contributed by atoms with Crippen LogP contribution in [0, 0.1) is 31.6 Å². The fourth-order valence-corrected chi connectivity index (χ4v) is 6.79. The molecule has 310 valence electrons. The van der Waals surface area contributed by atoms with Gasteiger partial charge in [0.25, 0.3) is 0 Å². The first-order valence-corrected chi connectivity index (χ1v) is 19.8. The molecule has 0 fully saturated rings. The lowest BCUT2D eigenvalue weighted by atomic mass is 9.85. The lowest BCUT2D eigenvalue weighted by Gasteiger charge is -2.36. The Balaban J connectivity index is 1.93. The number of Topliss-reactive ketones (excluding diaryl/α,β-unsaturated/α-hetero) is 1. The predicted octanol–water partition coefficient (Wildman–Crippen LogP) is 5.98. The second-order valence-corrected chi connectivity index (χ2v) is 15.9. The number of amides is 2. The van der Waals surface area contributed by atoms with E-state index >= 15 is 0 Å². The zero-order valence-electron chi connectivity index (χ0n) is 35.7. The molecule has 0 aliphatic carbocycles. The number of hydrogen-bond donors (Lipinski definition) is 1. The number of likely N-dealkylation sites (N-methyl/N-ethyl adjacent to an activating group) is 3. The van der Waals surface area contributed by atoms with Crippen LogP contribution in [0.15, 0.2) is 72.8 Å². The van der Waals surface area contributed by atoms with E-state index in [-0.39, 0.29) is 42.6 Å². The summed E-state index contributed by atoms with van der Waals surface area (Å²) in [6.07, 6.45) is -0.0562. The van der Waals surface area contributed by atoms with Crippen LogP contribution in [0.5, 0.6) is 5.75 Å². The van der Waals surface area contributed by atoms with E-state index in [0.717, 1.165) is 22.3 Å². The fraction of sp³-hybridized carbons (Fsp3) is 0.500. The summed E-state index contributed by atoms with van der Waals surface area (Å²) >= 11 is 0. The third-order valence-corrected chi connectivity index (χ3v) is 11.0. The number of esters is 2. The summed E-state index contributed by atoms with van der Waals surface area (Å²) in [5.41, 5.74) is 4.63. The van der Waals surface area contributed by atoms with E-state index in [9.17, 15) is 29.1 Å². The Labute approximate surface area is 339 Å². The molecular formula is C46H63N3O8. The minimum Gasteiger partial charge on any atom is -0.508 e. The van der Waals surface area contributed by atoms with Gasteiger partial charge in [-0.05, 0) is 75.5 Å². The summed E-state index contributed by atoms with van der Waals surface area (Å²) in [4.78, 5) is 74.7. The van der Waals surface area contributed by atoms with Gasteiger partial charge in [-0.25, -0.2) is 4.79 Å². The van der Waals surface area contributed by atoms with E-state index < -0.39 is 53.9 Å². The molecule has 0 heterocycles. The number of benzene rings is 3. The normalized spacial score (nSPS) is 14.5. The second kappa shape index (κ2) is 21.5. The van der Waals surface area contributed by atoms with E-state index in [1.807, 2.05) is 90.1 Å². The maximum absolute atomic E-state index is 14.6. The Morgan fingerprint density at radius 3 is 1.51 bits per heavy atom. The molecule has 6 atom stereocenters. The van der Waals surface area contributed by atoms with Crippen LogP contribution in [0.25, 0.3) is 0 Å². The molecule has 0 unspecified atom stereocenters. The van der Waals surface area contributed by atoms with Gasteiger partial charge in [0, 0.05) is 45.2 Å². The number of carbonyl (C=O) groups excluding carboxylic acids is 5. The summed E-state index contributed by atoms with van der Waals surface area (Å²) in [7, 11) is 7.92. The highest BCUT2D eigenvalue weighted by Crippen LogP contribution is 2.26. The molecule has 0 saturated heterocycles. The van der Waals surface area contributed by atoms with Crippen molar-refractivity contribution in [1.29, 1.82) is 0 Å². The van der Waals surface area contributed by atoms with Crippen molar-refractivity contribution in [3.05, 3.63) is 101 Å². The van der Waals surface area contributed by atoms with E-state index in [4.69, 9.17) is 9.47 Å². The highest BCUT2D eigenvalue weighted by Gasteiger charge is 2.40. The number of carbonyl (C=O) groups is 5. The standard InChI is InChI=1S/C46H63N3O8/c1-12-32(6)42(57-46(55)39(47(7)8)26-33-17-13-30(4)14-18-33)41(51)28-37(29(2)3)43(52)48(9)38(25-35-21-23-36(50)24-22-35)44(53)49(10)40(45(54)56-11)27-34-19-15-31(5)16-20-34/h13-24,29,32,37-40,42,50H,12,25-28H2,1-11H3/t32-,37-,38+,39-,40-,42-/m1/s1. The van der Waals surface area contributed by atoms with Crippen molar-refractivity contribution in [3.63, 3.8) is 0 Å². The molecule has 3 aromatic rings. The zero-order chi connectivity index (χ0) is 42.6. The number of methoxy groups -OCH3 is 1. The minimum absolute atomic E-state index is 0.0500. The van der Waals surface area contributed by atoms with Gasteiger partial charge in [0.05, 0.1) is 7.11 Å². The summed E-state index contributed by atoms with van der Waals surface area (Å²) in [5, 5.41) is 9.95. The molecular weight excluding hydrogens is 723 g/mol. The molecule has 0 radical (unpaired) electrons. The first kappa shape index (κ1) is 46.4. The molecule has 11 nitrogen and oxygen atoms in total. The molecule has 57 heavy (non-hydrogen) atoms. The quantitative estimate of drug-likeness (QED) is 0.137. The maximum atomic E-state index is 14.6. The van der Waals surface area contributed by atoms with E-state index in [1.54, 1.807) is 31.1 Å². The molecule has 0 bridgehead atoms. The minimum atomic E-state index is -1.08. The summed E-state index contributed by atoms with van der Waals surface area (Å²) in [6, 6.07) is 19.2. The number of aryl methyl sites for hydroxylation is 2.